The van der Waals surface area contributed by atoms with Gasteiger partial charge in [-0.2, -0.15) is 0 Å². The zero-order valence-corrected chi connectivity index (χ0v) is 12.2. The third-order valence-corrected chi connectivity index (χ3v) is 4.41. The number of methoxy groups -OCH3 is 1. The Hall–Kier alpha value is -0.120. The molecule has 1 aliphatic rings. The molecule has 0 aromatic carbocycles. The quantitative estimate of drug-likeness (QED) is 0.802. The molecular weight excluding hydrogens is 212 g/mol. The van der Waals surface area contributed by atoms with Crippen molar-refractivity contribution in [2.24, 2.45) is 17.6 Å². The Kier molecular flexibility index (Phi) is 5.42. The summed E-state index contributed by atoms with van der Waals surface area (Å²) in [6.07, 6.45) is 2.36. The molecule has 0 aromatic heterocycles. The van der Waals surface area contributed by atoms with Crippen LogP contribution in [0.4, 0.5) is 0 Å². The SMILES string of the molecule is COC(C)(C)CC(C)N1CCC(C)C(CN)C1. The number of nitrogens with two attached hydrogens (primary N) is 1. The maximum absolute atomic E-state index is 5.86. The van der Waals surface area contributed by atoms with E-state index in [0.29, 0.717) is 12.0 Å². The molecule has 1 aliphatic heterocycles. The lowest BCUT2D eigenvalue weighted by Crippen LogP contribution is -2.48. The largest absolute Gasteiger partial charge is 0.379 e. The van der Waals surface area contributed by atoms with E-state index < -0.39 is 0 Å². The topological polar surface area (TPSA) is 38.5 Å². The third kappa shape index (κ3) is 4.23. The minimum atomic E-state index is -0.0271. The second-order valence-electron chi connectivity index (χ2n) is 6.27. The molecule has 0 spiro atoms. The summed E-state index contributed by atoms with van der Waals surface area (Å²) in [7, 11) is 1.80. The summed E-state index contributed by atoms with van der Waals surface area (Å²) in [6.45, 7) is 12.1. The molecule has 0 bridgehead atoms. The van der Waals surface area contributed by atoms with Crippen molar-refractivity contribution in [3.8, 4) is 0 Å². The third-order valence-electron chi connectivity index (χ3n) is 4.41. The summed E-state index contributed by atoms with van der Waals surface area (Å²) >= 11 is 0. The van der Waals surface area contributed by atoms with E-state index in [0.717, 1.165) is 25.4 Å². The average Bonchev–Trinajstić information content (AvgIpc) is 2.29. The van der Waals surface area contributed by atoms with Crippen molar-refractivity contribution in [2.45, 2.75) is 52.2 Å². The first-order valence-corrected chi connectivity index (χ1v) is 6.89. The Balaban J connectivity index is 2.50. The van der Waals surface area contributed by atoms with Gasteiger partial charge in [-0.05, 0) is 58.5 Å². The number of nitrogens with zero attached hydrogens (tertiary/aromatic N) is 1. The predicted molar refractivity (Wildman–Crippen MR) is 73.1 cm³/mol. The van der Waals surface area contributed by atoms with Crippen molar-refractivity contribution in [1.82, 2.24) is 4.90 Å². The first kappa shape index (κ1) is 14.9. The fraction of sp³-hybridized carbons (Fsp3) is 1.00. The van der Waals surface area contributed by atoms with Crippen LogP contribution in [0.5, 0.6) is 0 Å². The maximum atomic E-state index is 5.86. The van der Waals surface area contributed by atoms with Gasteiger partial charge in [0, 0.05) is 19.7 Å². The number of hydrogen-bond donors (Lipinski definition) is 1. The molecular formula is C14H30N2O. The van der Waals surface area contributed by atoms with E-state index in [2.05, 4.69) is 32.6 Å². The zero-order chi connectivity index (χ0) is 13.1. The average molecular weight is 242 g/mol. The van der Waals surface area contributed by atoms with Crippen LogP contribution in [-0.4, -0.2) is 43.3 Å². The van der Waals surface area contributed by atoms with Crippen molar-refractivity contribution >= 4 is 0 Å². The zero-order valence-electron chi connectivity index (χ0n) is 12.2. The van der Waals surface area contributed by atoms with Crippen molar-refractivity contribution in [3.63, 3.8) is 0 Å². The monoisotopic (exact) mass is 242 g/mol. The highest BCUT2D eigenvalue weighted by atomic mass is 16.5. The Morgan fingerprint density at radius 2 is 2.12 bits per heavy atom. The van der Waals surface area contributed by atoms with E-state index in [1.165, 1.54) is 13.0 Å². The van der Waals surface area contributed by atoms with Gasteiger partial charge in [0.25, 0.3) is 0 Å². The first-order chi connectivity index (χ1) is 7.89. The van der Waals surface area contributed by atoms with Crippen LogP contribution in [0.15, 0.2) is 0 Å². The molecule has 0 aliphatic carbocycles. The van der Waals surface area contributed by atoms with Gasteiger partial charge in [0.1, 0.15) is 0 Å². The summed E-state index contributed by atoms with van der Waals surface area (Å²) < 4.78 is 5.52. The van der Waals surface area contributed by atoms with Crippen LogP contribution in [0, 0.1) is 11.8 Å². The molecule has 1 rings (SSSR count). The van der Waals surface area contributed by atoms with Gasteiger partial charge in [0.15, 0.2) is 0 Å². The number of likely N-dealkylation sites (tertiary alicyclic amines) is 1. The second kappa shape index (κ2) is 6.17. The predicted octanol–water partition coefficient (Wildman–Crippen LogP) is 2.11. The van der Waals surface area contributed by atoms with E-state index in [9.17, 15) is 0 Å². The lowest BCUT2D eigenvalue weighted by Gasteiger charge is -2.41. The van der Waals surface area contributed by atoms with Gasteiger partial charge < -0.3 is 15.4 Å². The molecule has 3 nitrogen and oxygen atoms in total. The fourth-order valence-electron chi connectivity index (χ4n) is 2.81. The second-order valence-corrected chi connectivity index (χ2v) is 6.27. The van der Waals surface area contributed by atoms with Crippen LogP contribution < -0.4 is 5.73 Å². The Bertz CT molecular complexity index is 230. The van der Waals surface area contributed by atoms with Gasteiger partial charge in [-0.25, -0.2) is 0 Å². The molecule has 1 fully saturated rings. The number of hydrogen-bond acceptors (Lipinski definition) is 3. The first-order valence-electron chi connectivity index (χ1n) is 6.89. The standard InChI is InChI=1S/C14H30N2O/c1-11-6-7-16(10-13(11)9-15)12(2)8-14(3,4)17-5/h11-13H,6-10,15H2,1-5H3. The molecule has 0 radical (unpaired) electrons. The molecule has 3 unspecified atom stereocenters. The fourth-order valence-corrected chi connectivity index (χ4v) is 2.81. The number of rotatable bonds is 5. The van der Waals surface area contributed by atoms with Gasteiger partial charge >= 0.3 is 0 Å². The van der Waals surface area contributed by atoms with Gasteiger partial charge in [-0.3, -0.25) is 0 Å². The smallest absolute Gasteiger partial charge is 0.0637 e. The van der Waals surface area contributed by atoms with Crippen LogP contribution in [0.1, 0.15) is 40.5 Å². The molecule has 17 heavy (non-hydrogen) atoms. The summed E-state index contributed by atoms with van der Waals surface area (Å²) in [4.78, 5) is 2.58. The van der Waals surface area contributed by atoms with Crippen LogP contribution >= 0.6 is 0 Å². The van der Waals surface area contributed by atoms with Crippen molar-refractivity contribution < 1.29 is 4.74 Å². The van der Waals surface area contributed by atoms with Gasteiger partial charge in [-0.15, -0.1) is 0 Å². The summed E-state index contributed by atoms with van der Waals surface area (Å²) in [5.74, 6) is 1.44. The maximum Gasteiger partial charge on any atom is 0.0637 e. The van der Waals surface area contributed by atoms with E-state index in [1.807, 2.05) is 0 Å². The lowest BCUT2D eigenvalue weighted by molar-refractivity contribution is -0.0149. The van der Waals surface area contributed by atoms with E-state index in [4.69, 9.17) is 10.5 Å². The summed E-state index contributed by atoms with van der Waals surface area (Å²) in [5, 5.41) is 0. The van der Waals surface area contributed by atoms with E-state index >= 15 is 0 Å². The van der Waals surface area contributed by atoms with Crippen LogP contribution in [-0.2, 0) is 4.74 Å². The van der Waals surface area contributed by atoms with Gasteiger partial charge in [-0.1, -0.05) is 6.92 Å². The molecule has 1 saturated heterocycles. The van der Waals surface area contributed by atoms with Crippen molar-refractivity contribution in [3.05, 3.63) is 0 Å². The molecule has 0 aromatic rings. The summed E-state index contributed by atoms with van der Waals surface area (Å²) in [6, 6.07) is 0.575. The van der Waals surface area contributed by atoms with Gasteiger partial charge in [0.05, 0.1) is 5.60 Å². The van der Waals surface area contributed by atoms with Crippen LogP contribution in [0.3, 0.4) is 0 Å². The van der Waals surface area contributed by atoms with Crippen molar-refractivity contribution in [1.29, 1.82) is 0 Å². The van der Waals surface area contributed by atoms with Crippen LogP contribution in [0.25, 0.3) is 0 Å². The Morgan fingerprint density at radius 1 is 1.47 bits per heavy atom. The van der Waals surface area contributed by atoms with E-state index in [1.54, 1.807) is 7.11 Å². The highest BCUT2D eigenvalue weighted by molar-refractivity contribution is 4.84. The lowest BCUT2D eigenvalue weighted by atomic mass is 9.85. The van der Waals surface area contributed by atoms with Crippen LogP contribution in [0.2, 0.25) is 0 Å². The summed E-state index contributed by atoms with van der Waals surface area (Å²) in [5.41, 5.74) is 5.83. The normalized spacial score (nSPS) is 29.3. The van der Waals surface area contributed by atoms with E-state index in [-0.39, 0.29) is 5.60 Å². The molecule has 2 N–H and O–H groups in total. The minimum absolute atomic E-state index is 0.0271. The van der Waals surface area contributed by atoms with Crippen molar-refractivity contribution in [2.75, 3.05) is 26.7 Å². The molecule has 0 saturated carbocycles. The number of ether oxygens (including phenoxy) is 1. The minimum Gasteiger partial charge on any atom is -0.379 e. The molecule has 1 heterocycles. The van der Waals surface area contributed by atoms with Gasteiger partial charge in [0.2, 0.25) is 0 Å². The highest BCUT2D eigenvalue weighted by Gasteiger charge is 2.30. The highest BCUT2D eigenvalue weighted by Crippen LogP contribution is 2.26. The Labute approximate surface area is 107 Å². The molecule has 3 heteroatoms. The number of piperidine rings is 1. The Morgan fingerprint density at radius 3 is 2.65 bits per heavy atom. The molecule has 0 amide bonds. The molecule has 3 atom stereocenters. The molecule has 102 valence electrons.